The molecule has 8 atom stereocenters. The Hall–Kier alpha value is -1.37. The molecule has 1 aliphatic rings. The minimum atomic E-state index is -1.61. The Morgan fingerprint density at radius 1 is 0.479 bits per heavy atom. The number of carbonyl (C=O) groups excluding carboxylic acids is 1. The number of aliphatic hydroxyl groups excluding tert-OH is 6. The van der Waals surface area contributed by atoms with Gasteiger partial charge >= 0.3 is 0 Å². The van der Waals surface area contributed by atoms with Gasteiger partial charge in [-0.15, -0.1) is 0 Å². The molecule has 1 saturated heterocycles. The predicted octanol–water partition coefficient (Wildman–Crippen LogP) is 14.3. The maximum atomic E-state index is 13.1. The first kappa shape index (κ1) is 67.6. The molecular formula is C61H117NO9. The molecule has 1 aliphatic heterocycles. The van der Waals surface area contributed by atoms with Gasteiger partial charge in [-0.3, -0.25) is 4.79 Å². The van der Waals surface area contributed by atoms with E-state index in [9.17, 15) is 35.4 Å². The highest BCUT2D eigenvalue weighted by Gasteiger charge is 2.44. The number of nitrogens with one attached hydrogen (secondary N) is 1. The lowest BCUT2D eigenvalue weighted by Crippen LogP contribution is -2.60. The van der Waals surface area contributed by atoms with E-state index < -0.39 is 61.5 Å². The van der Waals surface area contributed by atoms with Gasteiger partial charge in [-0.05, 0) is 44.9 Å². The van der Waals surface area contributed by atoms with Gasteiger partial charge in [-0.1, -0.05) is 276 Å². The van der Waals surface area contributed by atoms with E-state index in [1.165, 1.54) is 231 Å². The third-order valence-corrected chi connectivity index (χ3v) is 14.9. The van der Waals surface area contributed by atoms with Crippen LogP contribution in [0.1, 0.15) is 296 Å². The first-order valence-corrected chi connectivity index (χ1v) is 30.7. The largest absolute Gasteiger partial charge is 0.394 e. The average Bonchev–Trinajstić information content (AvgIpc) is 3.37. The van der Waals surface area contributed by atoms with Crippen molar-refractivity contribution in [1.82, 2.24) is 5.32 Å². The summed E-state index contributed by atoms with van der Waals surface area (Å²) >= 11 is 0. The van der Waals surface area contributed by atoms with E-state index in [0.717, 1.165) is 44.9 Å². The molecule has 0 aromatic heterocycles. The first-order valence-electron chi connectivity index (χ1n) is 30.7. The fraction of sp³-hybridized carbons (Fsp3) is 0.918. The molecule has 8 unspecified atom stereocenters. The molecule has 1 amide bonds. The molecule has 0 aromatic rings. The normalized spacial score (nSPS) is 19.8. The quantitative estimate of drug-likeness (QED) is 0.0232. The molecular weight excluding hydrogens is 891 g/mol. The molecule has 0 aromatic carbocycles. The second kappa shape index (κ2) is 50.8. The number of rotatable bonds is 53. The van der Waals surface area contributed by atoms with Crippen molar-refractivity contribution in [2.75, 3.05) is 13.2 Å². The van der Waals surface area contributed by atoms with Crippen molar-refractivity contribution in [3.63, 3.8) is 0 Å². The molecule has 0 aliphatic carbocycles. The smallest absolute Gasteiger partial charge is 0.249 e. The zero-order chi connectivity index (χ0) is 51.7. The van der Waals surface area contributed by atoms with Crippen LogP contribution in [-0.4, -0.2) is 98.7 Å². The van der Waals surface area contributed by atoms with E-state index >= 15 is 0 Å². The van der Waals surface area contributed by atoms with E-state index in [0.29, 0.717) is 6.42 Å². The van der Waals surface area contributed by atoms with Crippen LogP contribution in [-0.2, 0) is 14.3 Å². The lowest BCUT2D eigenvalue weighted by atomic mass is 9.99. The van der Waals surface area contributed by atoms with Crippen molar-refractivity contribution in [3.05, 3.63) is 24.3 Å². The summed E-state index contributed by atoms with van der Waals surface area (Å²) < 4.78 is 11.2. The van der Waals surface area contributed by atoms with Crippen LogP contribution < -0.4 is 5.32 Å². The van der Waals surface area contributed by atoms with Crippen LogP contribution in [0, 0.1) is 0 Å². The van der Waals surface area contributed by atoms with Gasteiger partial charge in [0.2, 0.25) is 5.91 Å². The van der Waals surface area contributed by atoms with Crippen LogP contribution in [0.25, 0.3) is 0 Å². The van der Waals surface area contributed by atoms with Crippen LogP contribution in [0.4, 0.5) is 0 Å². The van der Waals surface area contributed by atoms with E-state index in [-0.39, 0.29) is 6.61 Å². The molecule has 0 radical (unpaired) electrons. The molecule has 1 fully saturated rings. The molecule has 0 spiro atoms. The second-order valence-corrected chi connectivity index (χ2v) is 21.6. The number of amides is 1. The van der Waals surface area contributed by atoms with Crippen LogP contribution in [0.3, 0.4) is 0 Å². The van der Waals surface area contributed by atoms with E-state index in [1.807, 2.05) is 6.08 Å². The highest BCUT2D eigenvalue weighted by atomic mass is 16.7. The molecule has 1 rings (SSSR count). The zero-order valence-electron chi connectivity index (χ0n) is 46.4. The summed E-state index contributed by atoms with van der Waals surface area (Å²) in [5.41, 5.74) is 0. The number of ether oxygens (including phenoxy) is 2. The van der Waals surface area contributed by atoms with Crippen molar-refractivity contribution < 1.29 is 44.9 Å². The number of carbonyl (C=O) groups is 1. The summed E-state index contributed by atoms with van der Waals surface area (Å²) in [7, 11) is 0. The molecule has 0 bridgehead atoms. The van der Waals surface area contributed by atoms with Crippen LogP contribution in [0.5, 0.6) is 0 Å². The number of unbranched alkanes of at least 4 members (excludes halogenated alkanes) is 40. The second-order valence-electron chi connectivity index (χ2n) is 21.6. The molecule has 10 nitrogen and oxygen atoms in total. The van der Waals surface area contributed by atoms with E-state index in [1.54, 1.807) is 6.08 Å². The monoisotopic (exact) mass is 1010 g/mol. The van der Waals surface area contributed by atoms with Gasteiger partial charge < -0.3 is 45.4 Å². The van der Waals surface area contributed by atoms with Gasteiger partial charge in [0.15, 0.2) is 6.29 Å². The Kier molecular flexibility index (Phi) is 48.4. The lowest BCUT2D eigenvalue weighted by molar-refractivity contribution is -0.302. The highest BCUT2D eigenvalue weighted by Crippen LogP contribution is 2.23. The molecule has 71 heavy (non-hydrogen) atoms. The summed E-state index contributed by atoms with van der Waals surface area (Å²) in [5, 5.41) is 65.0. The minimum Gasteiger partial charge on any atom is -0.394 e. The molecule has 10 heteroatoms. The van der Waals surface area contributed by atoms with Gasteiger partial charge in [0.05, 0.1) is 25.4 Å². The summed E-state index contributed by atoms with van der Waals surface area (Å²) in [6.45, 7) is 3.64. The van der Waals surface area contributed by atoms with Crippen LogP contribution >= 0.6 is 0 Å². The Bertz CT molecular complexity index is 1190. The Balaban J connectivity index is 2.15. The van der Waals surface area contributed by atoms with Gasteiger partial charge in [-0.2, -0.15) is 0 Å². The number of aliphatic hydroxyl groups is 6. The maximum Gasteiger partial charge on any atom is 0.249 e. The standard InChI is InChI=1S/C61H117NO9/c1-3-5-7-9-11-13-15-17-19-20-21-22-23-24-25-26-27-28-29-30-31-32-33-34-35-36-38-40-42-44-46-48-50-55(65)60(69)62-53(52-70-61-59(68)58(67)57(66)56(51-63)71-61)54(64)49-47-45-43-41-39-37-18-16-14-12-10-8-6-4-2/h24-25,47,49,53-59,61,63-68H,3-23,26-46,48,50-52H2,1-2H3,(H,62,69)/b25-24-,49-47+. The fourth-order valence-corrected chi connectivity index (χ4v) is 9.93. The average molecular weight is 1010 g/mol. The number of hydrogen-bond acceptors (Lipinski definition) is 9. The third-order valence-electron chi connectivity index (χ3n) is 14.9. The third kappa shape index (κ3) is 39.7. The van der Waals surface area contributed by atoms with E-state index in [4.69, 9.17) is 9.47 Å². The van der Waals surface area contributed by atoms with Crippen molar-refractivity contribution in [2.45, 2.75) is 345 Å². The van der Waals surface area contributed by atoms with Gasteiger partial charge in [-0.25, -0.2) is 0 Å². The predicted molar refractivity (Wildman–Crippen MR) is 296 cm³/mol. The zero-order valence-corrected chi connectivity index (χ0v) is 46.4. The Labute approximate surface area is 437 Å². The fourth-order valence-electron chi connectivity index (χ4n) is 9.93. The molecule has 0 saturated carbocycles. The Morgan fingerprint density at radius 3 is 1.18 bits per heavy atom. The molecule has 7 N–H and O–H groups in total. The topological polar surface area (TPSA) is 169 Å². The first-order chi connectivity index (χ1) is 34.8. The van der Waals surface area contributed by atoms with Crippen molar-refractivity contribution in [1.29, 1.82) is 0 Å². The summed E-state index contributed by atoms with van der Waals surface area (Å²) in [6.07, 6.45) is 54.4. The summed E-state index contributed by atoms with van der Waals surface area (Å²) in [6, 6.07) is -0.978. The maximum absolute atomic E-state index is 13.1. The lowest BCUT2D eigenvalue weighted by Gasteiger charge is -2.40. The van der Waals surface area contributed by atoms with Gasteiger partial charge in [0, 0.05) is 0 Å². The SMILES string of the molecule is CCCCCCCCCCCCCC/C=C\CCCCCCCCCCCCCCCCCCC(O)C(=O)NC(COC1OC(CO)C(O)C(O)C1O)C(O)/C=C/CCCCCCCCCCCCCC. The minimum absolute atomic E-state index is 0.302. The number of allylic oxidation sites excluding steroid dienone is 3. The summed E-state index contributed by atoms with van der Waals surface area (Å²) in [4.78, 5) is 13.1. The molecule has 420 valence electrons. The highest BCUT2D eigenvalue weighted by molar-refractivity contribution is 5.80. The van der Waals surface area contributed by atoms with Crippen LogP contribution in [0.15, 0.2) is 24.3 Å². The van der Waals surface area contributed by atoms with Crippen molar-refractivity contribution >= 4 is 5.91 Å². The van der Waals surface area contributed by atoms with Crippen molar-refractivity contribution in [2.24, 2.45) is 0 Å². The van der Waals surface area contributed by atoms with E-state index in [2.05, 4.69) is 31.3 Å². The molecule has 1 heterocycles. The number of hydrogen-bond donors (Lipinski definition) is 7. The van der Waals surface area contributed by atoms with Crippen molar-refractivity contribution in [3.8, 4) is 0 Å². The van der Waals surface area contributed by atoms with Gasteiger partial charge in [0.1, 0.15) is 30.5 Å². The van der Waals surface area contributed by atoms with Gasteiger partial charge in [0.25, 0.3) is 0 Å². The summed E-state index contributed by atoms with van der Waals surface area (Å²) in [5.74, 6) is -0.612. The Morgan fingerprint density at radius 2 is 0.817 bits per heavy atom. The van der Waals surface area contributed by atoms with Crippen LogP contribution in [0.2, 0.25) is 0 Å².